The van der Waals surface area contributed by atoms with Gasteiger partial charge in [-0.1, -0.05) is 6.07 Å². The van der Waals surface area contributed by atoms with Crippen LogP contribution in [0, 0.1) is 5.92 Å². The van der Waals surface area contributed by atoms with Gasteiger partial charge >= 0.3 is 6.18 Å². The van der Waals surface area contributed by atoms with Crippen LogP contribution in [0.4, 0.5) is 13.2 Å². The van der Waals surface area contributed by atoms with Gasteiger partial charge in [0.05, 0.1) is 5.56 Å². The minimum absolute atomic E-state index is 0. The lowest BCUT2D eigenvalue weighted by Crippen LogP contribution is -2.30. The quantitative estimate of drug-likeness (QED) is 0.928. The summed E-state index contributed by atoms with van der Waals surface area (Å²) in [5.41, 5.74) is -0.681. The number of carbonyl (C=O) groups is 1. The number of rotatable bonds is 3. The van der Waals surface area contributed by atoms with E-state index in [1.54, 1.807) is 4.90 Å². The molecule has 0 aromatic heterocycles. The molecule has 1 atom stereocenters. The highest BCUT2D eigenvalue weighted by molar-refractivity contribution is 5.94. The summed E-state index contributed by atoms with van der Waals surface area (Å²) in [5.74, 6) is 0.0458. The Morgan fingerprint density at radius 1 is 1.43 bits per heavy atom. The molecule has 0 radical (unpaired) electrons. The summed E-state index contributed by atoms with van der Waals surface area (Å²) < 4.78 is 37.9. The summed E-state index contributed by atoms with van der Waals surface area (Å²) >= 11 is 0. The molecule has 1 aliphatic heterocycles. The number of likely N-dealkylation sites (tertiary alicyclic amines) is 1. The fraction of sp³-hybridized carbons (Fsp3) is 0.500. The Bertz CT molecular complexity index is 493. The van der Waals surface area contributed by atoms with Crippen molar-refractivity contribution in [2.24, 2.45) is 5.92 Å². The van der Waals surface area contributed by atoms with E-state index in [0.717, 1.165) is 25.1 Å². The molecule has 1 saturated heterocycles. The van der Waals surface area contributed by atoms with Gasteiger partial charge < -0.3 is 10.2 Å². The Morgan fingerprint density at radius 2 is 2.14 bits per heavy atom. The van der Waals surface area contributed by atoms with Crippen LogP contribution in [0.5, 0.6) is 0 Å². The van der Waals surface area contributed by atoms with E-state index in [2.05, 4.69) is 5.32 Å². The zero-order valence-corrected chi connectivity index (χ0v) is 12.4. The average Bonchev–Trinajstić information content (AvgIpc) is 2.86. The third-order valence-electron chi connectivity index (χ3n) is 3.50. The molecule has 3 nitrogen and oxygen atoms in total. The fourth-order valence-corrected chi connectivity index (χ4v) is 2.48. The second-order valence-electron chi connectivity index (χ2n) is 5.04. The molecule has 118 valence electrons. The minimum Gasteiger partial charge on any atom is -0.338 e. The van der Waals surface area contributed by atoms with Crippen molar-refractivity contribution in [2.75, 3.05) is 26.7 Å². The Balaban J connectivity index is 0.00000220. The Morgan fingerprint density at radius 3 is 2.76 bits per heavy atom. The highest BCUT2D eigenvalue weighted by Gasteiger charge is 2.32. The van der Waals surface area contributed by atoms with Crippen molar-refractivity contribution in [3.05, 3.63) is 35.4 Å². The Kier molecular flexibility index (Phi) is 6.04. The van der Waals surface area contributed by atoms with Gasteiger partial charge in [0, 0.05) is 18.7 Å². The zero-order chi connectivity index (χ0) is 14.8. The second kappa shape index (κ2) is 7.13. The topological polar surface area (TPSA) is 32.3 Å². The van der Waals surface area contributed by atoms with E-state index < -0.39 is 11.7 Å². The predicted octanol–water partition coefficient (Wildman–Crippen LogP) is 2.81. The molecule has 1 N–H and O–H groups in total. The van der Waals surface area contributed by atoms with Gasteiger partial charge in [-0.25, -0.2) is 0 Å². The molecule has 1 amide bonds. The lowest BCUT2D eigenvalue weighted by atomic mass is 10.1. The van der Waals surface area contributed by atoms with Crippen molar-refractivity contribution < 1.29 is 18.0 Å². The minimum atomic E-state index is -4.42. The first kappa shape index (κ1) is 17.8. The van der Waals surface area contributed by atoms with E-state index in [9.17, 15) is 18.0 Å². The zero-order valence-electron chi connectivity index (χ0n) is 11.6. The van der Waals surface area contributed by atoms with Crippen LogP contribution in [0.15, 0.2) is 24.3 Å². The molecule has 0 saturated carbocycles. The largest absolute Gasteiger partial charge is 0.416 e. The van der Waals surface area contributed by atoms with Crippen molar-refractivity contribution in [1.82, 2.24) is 10.2 Å². The molecule has 1 heterocycles. The molecular formula is C14H18ClF3N2O. The highest BCUT2D eigenvalue weighted by Crippen LogP contribution is 2.30. The Hall–Kier alpha value is -1.27. The van der Waals surface area contributed by atoms with Gasteiger partial charge in [-0.05, 0) is 44.1 Å². The van der Waals surface area contributed by atoms with Crippen LogP contribution >= 0.6 is 12.4 Å². The van der Waals surface area contributed by atoms with E-state index in [4.69, 9.17) is 0 Å². The van der Waals surface area contributed by atoms with Crippen molar-refractivity contribution >= 4 is 18.3 Å². The lowest BCUT2D eigenvalue weighted by Gasteiger charge is -2.17. The number of alkyl halides is 3. The molecule has 2 rings (SSSR count). The Labute approximate surface area is 127 Å². The summed E-state index contributed by atoms with van der Waals surface area (Å²) in [4.78, 5) is 13.8. The third kappa shape index (κ3) is 4.35. The molecular weight excluding hydrogens is 305 g/mol. The smallest absolute Gasteiger partial charge is 0.338 e. The fourth-order valence-electron chi connectivity index (χ4n) is 2.48. The van der Waals surface area contributed by atoms with Gasteiger partial charge in [0.15, 0.2) is 0 Å². The van der Waals surface area contributed by atoms with Crippen LogP contribution in [-0.2, 0) is 6.18 Å². The molecule has 1 aliphatic rings. The molecule has 0 spiro atoms. The molecule has 0 bridgehead atoms. The van der Waals surface area contributed by atoms with Crippen LogP contribution in [0.1, 0.15) is 22.3 Å². The number of amides is 1. The number of nitrogens with one attached hydrogen (secondary N) is 1. The van der Waals surface area contributed by atoms with E-state index in [0.29, 0.717) is 19.0 Å². The molecule has 1 fully saturated rings. The summed E-state index contributed by atoms with van der Waals surface area (Å²) in [6.07, 6.45) is -3.54. The van der Waals surface area contributed by atoms with Gasteiger partial charge in [0.1, 0.15) is 0 Å². The van der Waals surface area contributed by atoms with Crippen LogP contribution in [0.2, 0.25) is 0 Å². The third-order valence-corrected chi connectivity index (χ3v) is 3.50. The number of nitrogens with zero attached hydrogens (tertiary/aromatic N) is 1. The first-order valence-corrected chi connectivity index (χ1v) is 6.53. The van der Waals surface area contributed by atoms with Gasteiger partial charge in [-0.2, -0.15) is 13.2 Å². The molecule has 21 heavy (non-hydrogen) atoms. The maximum absolute atomic E-state index is 12.6. The lowest BCUT2D eigenvalue weighted by molar-refractivity contribution is -0.137. The van der Waals surface area contributed by atoms with Gasteiger partial charge in [0.25, 0.3) is 5.91 Å². The van der Waals surface area contributed by atoms with Crippen LogP contribution in [0.3, 0.4) is 0 Å². The van der Waals surface area contributed by atoms with E-state index in [1.165, 1.54) is 12.1 Å². The molecule has 1 aromatic rings. The van der Waals surface area contributed by atoms with Crippen LogP contribution < -0.4 is 5.32 Å². The second-order valence-corrected chi connectivity index (χ2v) is 5.04. The monoisotopic (exact) mass is 322 g/mol. The van der Waals surface area contributed by atoms with Crippen molar-refractivity contribution in [3.63, 3.8) is 0 Å². The summed E-state index contributed by atoms with van der Waals surface area (Å²) in [7, 11) is 1.84. The van der Waals surface area contributed by atoms with E-state index in [1.807, 2.05) is 7.05 Å². The van der Waals surface area contributed by atoms with Gasteiger partial charge in [0.2, 0.25) is 0 Å². The standard InChI is InChI=1S/C14H17F3N2O.ClH/c1-18-8-10-5-6-19(9-10)13(20)11-3-2-4-12(7-11)14(15,16)17;/h2-4,7,10,18H,5-6,8-9H2,1H3;1H. The van der Waals surface area contributed by atoms with Crippen LogP contribution in [0.25, 0.3) is 0 Å². The normalized spacial score (nSPS) is 18.5. The van der Waals surface area contributed by atoms with Crippen molar-refractivity contribution in [3.8, 4) is 0 Å². The van der Waals surface area contributed by atoms with E-state index >= 15 is 0 Å². The highest BCUT2D eigenvalue weighted by atomic mass is 35.5. The SMILES string of the molecule is CNCC1CCN(C(=O)c2cccc(C(F)(F)F)c2)C1.Cl. The summed E-state index contributed by atoms with van der Waals surface area (Å²) in [6.45, 7) is 2.00. The maximum Gasteiger partial charge on any atom is 0.416 e. The molecule has 0 aliphatic carbocycles. The summed E-state index contributed by atoms with van der Waals surface area (Å²) in [5, 5.41) is 3.05. The number of benzene rings is 1. The average molecular weight is 323 g/mol. The molecule has 7 heteroatoms. The predicted molar refractivity (Wildman–Crippen MR) is 76.6 cm³/mol. The first-order valence-electron chi connectivity index (χ1n) is 6.53. The van der Waals surface area contributed by atoms with Gasteiger partial charge in [-0.3, -0.25) is 4.79 Å². The number of hydrogen-bond acceptors (Lipinski definition) is 2. The van der Waals surface area contributed by atoms with Gasteiger partial charge in [-0.15, -0.1) is 12.4 Å². The molecule has 1 aromatic carbocycles. The number of hydrogen-bond donors (Lipinski definition) is 1. The van der Waals surface area contributed by atoms with Crippen LogP contribution in [-0.4, -0.2) is 37.5 Å². The van der Waals surface area contributed by atoms with Crippen molar-refractivity contribution in [2.45, 2.75) is 12.6 Å². The number of halogens is 4. The number of carbonyl (C=O) groups excluding carboxylic acids is 1. The maximum atomic E-state index is 12.6. The van der Waals surface area contributed by atoms with Crippen molar-refractivity contribution in [1.29, 1.82) is 0 Å². The van der Waals surface area contributed by atoms with E-state index in [-0.39, 0.29) is 23.9 Å². The summed E-state index contributed by atoms with van der Waals surface area (Å²) in [6, 6.07) is 4.61. The first-order chi connectivity index (χ1) is 9.41. The molecule has 1 unspecified atom stereocenters.